The van der Waals surface area contributed by atoms with Crippen molar-refractivity contribution in [2.75, 3.05) is 16.6 Å². The van der Waals surface area contributed by atoms with Gasteiger partial charge in [-0.05, 0) is 30.5 Å². The molecule has 1 saturated heterocycles. The summed E-state index contributed by atoms with van der Waals surface area (Å²) in [4.78, 5) is 11.8. The number of amides is 1. The Kier molecular flexibility index (Phi) is 4.84. The van der Waals surface area contributed by atoms with Crippen molar-refractivity contribution >= 4 is 31.6 Å². The van der Waals surface area contributed by atoms with Gasteiger partial charge in [0.05, 0.1) is 16.3 Å². The molecule has 0 bridgehead atoms. The lowest BCUT2D eigenvalue weighted by Gasteiger charge is -2.17. The molecule has 128 valence electrons. The minimum atomic E-state index is -3.78. The molecule has 0 unspecified atom stereocenters. The monoisotopic (exact) mass is 360 g/mol. The summed E-state index contributed by atoms with van der Waals surface area (Å²) in [5.74, 6) is -0.672. The molecule has 1 heterocycles. The number of aryl methyl sites for hydroxylation is 1. The van der Waals surface area contributed by atoms with Crippen LogP contribution in [0.1, 0.15) is 25.8 Å². The van der Waals surface area contributed by atoms with E-state index in [1.165, 1.54) is 18.2 Å². The van der Waals surface area contributed by atoms with E-state index in [-0.39, 0.29) is 35.2 Å². The Morgan fingerprint density at radius 2 is 1.96 bits per heavy atom. The number of sulfonamides is 2. The third-order valence-corrected chi connectivity index (χ3v) is 6.71. The van der Waals surface area contributed by atoms with Gasteiger partial charge in [-0.3, -0.25) is 4.79 Å². The Labute approximate surface area is 136 Å². The number of hydrogen-bond donors (Lipinski definition) is 1. The van der Waals surface area contributed by atoms with Gasteiger partial charge in [0.1, 0.15) is 0 Å². The van der Waals surface area contributed by atoms with Gasteiger partial charge >= 0.3 is 0 Å². The molecule has 9 heteroatoms. The highest BCUT2D eigenvalue weighted by molar-refractivity contribution is 7.94. The van der Waals surface area contributed by atoms with Gasteiger partial charge in [0.25, 0.3) is 0 Å². The number of anilines is 1. The molecule has 2 rings (SSSR count). The molecular formula is C14H20N2O5S2. The minimum Gasteiger partial charge on any atom is -0.273 e. The van der Waals surface area contributed by atoms with Crippen molar-refractivity contribution in [2.45, 2.75) is 32.1 Å². The van der Waals surface area contributed by atoms with Gasteiger partial charge in [-0.15, -0.1) is 0 Å². The number of nitrogens with one attached hydrogen (secondary N) is 1. The van der Waals surface area contributed by atoms with E-state index < -0.39 is 26.0 Å². The molecule has 0 spiro atoms. The third kappa shape index (κ3) is 3.73. The lowest BCUT2D eigenvalue weighted by Crippen LogP contribution is -2.31. The highest BCUT2D eigenvalue weighted by atomic mass is 32.2. The fourth-order valence-electron chi connectivity index (χ4n) is 2.23. The summed E-state index contributed by atoms with van der Waals surface area (Å²) in [5, 5.41) is 0. The topological polar surface area (TPSA) is 101 Å². The quantitative estimate of drug-likeness (QED) is 0.844. The molecule has 1 aromatic rings. The predicted octanol–water partition coefficient (Wildman–Crippen LogP) is 0.996. The molecule has 1 aliphatic heterocycles. The van der Waals surface area contributed by atoms with Gasteiger partial charge in [0.2, 0.25) is 26.0 Å². The number of benzene rings is 1. The molecule has 1 aromatic carbocycles. The van der Waals surface area contributed by atoms with E-state index in [1.54, 1.807) is 6.92 Å². The maximum absolute atomic E-state index is 12.4. The number of rotatable bonds is 5. The normalized spacial score (nSPS) is 17.9. The van der Waals surface area contributed by atoms with Crippen LogP contribution in [0.2, 0.25) is 0 Å². The number of carbonyl (C=O) groups excluding carboxylic acids is 1. The van der Waals surface area contributed by atoms with Crippen LogP contribution >= 0.6 is 0 Å². The molecule has 1 fully saturated rings. The number of carbonyl (C=O) groups is 1. The number of hydrogen-bond acceptors (Lipinski definition) is 5. The van der Waals surface area contributed by atoms with E-state index >= 15 is 0 Å². The highest BCUT2D eigenvalue weighted by Crippen LogP contribution is 2.28. The maximum Gasteiger partial charge on any atom is 0.242 e. The zero-order valence-electron chi connectivity index (χ0n) is 13.2. The number of nitrogens with zero attached hydrogens (tertiary/aromatic N) is 1. The third-order valence-electron chi connectivity index (χ3n) is 3.46. The first kappa shape index (κ1) is 17.9. The maximum atomic E-state index is 12.4. The van der Waals surface area contributed by atoms with Gasteiger partial charge in [-0.2, -0.15) is 0 Å². The molecule has 23 heavy (non-hydrogen) atoms. The highest BCUT2D eigenvalue weighted by Gasteiger charge is 2.36. The molecule has 0 aromatic heterocycles. The molecule has 7 nitrogen and oxygen atoms in total. The molecule has 1 N–H and O–H groups in total. The van der Waals surface area contributed by atoms with Crippen molar-refractivity contribution in [3.05, 3.63) is 23.8 Å². The van der Waals surface area contributed by atoms with Crippen LogP contribution in [0.25, 0.3) is 0 Å². The molecule has 1 aliphatic rings. The molecule has 1 amide bonds. The van der Waals surface area contributed by atoms with Crippen LogP contribution in [0.5, 0.6) is 0 Å². The Balaban J connectivity index is 2.46. The van der Waals surface area contributed by atoms with Crippen molar-refractivity contribution in [2.24, 2.45) is 5.92 Å². The van der Waals surface area contributed by atoms with Crippen LogP contribution < -0.4 is 9.03 Å². The second kappa shape index (κ2) is 6.21. The lowest BCUT2D eigenvalue weighted by molar-refractivity contribution is -0.116. The summed E-state index contributed by atoms with van der Waals surface area (Å²) in [6, 6.07) is 4.18. The van der Waals surface area contributed by atoms with E-state index in [0.717, 1.165) is 0 Å². The van der Waals surface area contributed by atoms with Gasteiger partial charge in [-0.1, -0.05) is 19.9 Å². The fraction of sp³-hybridized carbons (Fsp3) is 0.500. The smallest absolute Gasteiger partial charge is 0.242 e. The van der Waals surface area contributed by atoms with E-state index in [9.17, 15) is 21.6 Å². The van der Waals surface area contributed by atoms with E-state index in [0.29, 0.717) is 9.87 Å². The summed E-state index contributed by atoms with van der Waals surface area (Å²) >= 11 is 0. The van der Waals surface area contributed by atoms with Crippen LogP contribution in [-0.2, 0) is 24.8 Å². The standard InChI is InChI=1S/C14H20N2O5S2/c1-10(2)9-15-23(20,21)13-8-12(5-4-11(13)3)16-14(17)6-7-22(16,18)19/h4-5,8,10,15H,6-7,9H2,1-3H3. The summed E-state index contributed by atoms with van der Waals surface area (Å²) in [7, 11) is -7.50. The van der Waals surface area contributed by atoms with Crippen molar-refractivity contribution in [1.29, 1.82) is 0 Å². The van der Waals surface area contributed by atoms with E-state index in [1.807, 2.05) is 13.8 Å². The van der Waals surface area contributed by atoms with Crippen LogP contribution in [0.3, 0.4) is 0 Å². The van der Waals surface area contributed by atoms with Crippen LogP contribution in [0.4, 0.5) is 5.69 Å². The molecule has 0 saturated carbocycles. The average Bonchev–Trinajstić information content (AvgIpc) is 2.71. The fourth-order valence-corrected chi connectivity index (χ4v) is 5.16. The second-order valence-electron chi connectivity index (χ2n) is 5.92. The van der Waals surface area contributed by atoms with Crippen LogP contribution in [-0.4, -0.2) is 35.0 Å². The summed E-state index contributed by atoms with van der Waals surface area (Å²) in [6.45, 7) is 5.64. The first-order valence-corrected chi connectivity index (χ1v) is 10.3. The Hall–Kier alpha value is -1.45. The van der Waals surface area contributed by atoms with E-state index in [2.05, 4.69) is 4.72 Å². The predicted molar refractivity (Wildman–Crippen MR) is 87.1 cm³/mol. The lowest BCUT2D eigenvalue weighted by atomic mass is 10.2. The SMILES string of the molecule is Cc1ccc(N2C(=O)CCS2(=O)=O)cc1S(=O)(=O)NCC(C)C. The summed E-state index contributed by atoms with van der Waals surface area (Å²) in [6.07, 6.45) is -0.0934. The van der Waals surface area contributed by atoms with Gasteiger partial charge < -0.3 is 0 Å². The van der Waals surface area contributed by atoms with Crippen LogP contribution in [0.15, 0.2) is 23.1 Å². The average molecular weight is 360 g/mol. The molecule has 0 aliphatic carbocycles. The van der Waals surface area contributed by atoms with Crippen molar-refractivity contribution in [1.82, 2.24) is 4.72 Å². The van der Waals surface area contributed by atoms with Crippen molar-refractivity contribution < 1.29 is 21.6 Å². The second-order valence-corrected chi connectivity index (χ2v) is 9.59. The zero-order valence-corrected chi connectivity index (χ0v) is 14.9. The first-order chi connectivity index (χ1) is 10.5. The molecular weight excluding hydrogens is 340 g/mol. The Morgan fingerprint density at radius 3 is 2.48 bits per heavy atom. The molecule has 0 atom stereocenters. The first-order valence-electron chi connectivity index (χ1n) is 7.21. The zero-order chi connectivity index (χ0) is 17.4. The Morgan fingerprint density at radius 1 is 1.30 bits per heavy atom. The van der Waals surface area contributed by atoms with Gasteiger partial charge in [-0.25, -0.2) is 25.9 Å². The van der Waals surface area contributed by atoms with Gasteiger partial charge in [0.15, 0.2) is 0 Å². The molecule has 0 radical (unpaired) electrons. The van der Waals surface area contributed by atoms with Crippen LogP contribution in [0, 0.1) is 12.8 Å². The summed E-state index contributed by atoms with van der Waals surface area (Å²) < 4.78 is 51.9. The Bertz CT molecular complexity index is 829. The largest absolute Gasteiger partial charge is 0.273 e. The minimum absolute atomic E-state index is 0.0226. The summed E-state index contributed by atoms with van der Waals surface area (Å²) in [5.41, 5.74) is 0.539. The van der Waals surface area contributed by atoms with Crippen molar-refractivity contribution in [3.8, 4) is 0 Å². The van der Waals surface area contributed by atoms with Gasteiger partial charge in [0, 0.05) is 13.0 Å². The van der Waals surface area contributed by atoms with Crippen molar-refractivity contribution in [3.63, 3.8) is 0 Å². The van der Waals surface area contributed by atoms with E-state index in [4.69, 9.17) is 0 Å².